The van der Waals surface area contributed by atoms with Crippen LogP contribution in [0.3, 0.4) is 0 Å². The lowest BCUT2D eigenvalue weighted by molar-refractivity contribution is -0.166. The lowest BCUT2D eigenvalue weighted by Crippen LogP contribution is -2.36. The third-order valence-electron chi connectivity index (χ3n) is 5.21. The highest BCUT2D eigenvalue weighted by Crippen LogP contribution is 2.32. The number of ether oxygens (including phenoxy) is 1. The Balaban J connectivity index is 1.64. The molecule has 4 rings (SSSR count). The summed E-state index contributed by atoms with van der Waals surface area (Å²) in [5.41, 5.74) is 1.83. The van der Waals surface area contributed by atoms with E-state index in [9.17, 15) is 14.7 Å². The molecule has 1 heterocycles. The van der Waals surface area contributed by atoms with Crippen molar-refractivity contribution in [2.24, 2.45) is 0 Å². The fourth-order valence-corrected chi connectivity index (χ4v) is 3.86. The number of rotatable bonds is 3. The predicted molar refractivity (Wildman–Crippen MR) is 87.7 cm³/mol. The molecule has 1 aromatic carbocycles. The minimum absolute atomic E-state index is 0.0258. The van der Waals surface area contributed by atoms with Gasteiger partial charge in [0.15, 0.2) is 5.60 Å². The van der Waals surface area contributed by atoms with E-state index >= 15 is 0 Å². The van der Waals surface area contributed by atoms with Gasteiger partial charge in [-0.3, -0.25) is 0 Å². The van der Waals surface area contributed by atoms with E-state index in [2.05, 4.69) is 0 Å². The molecular weight excluding hydrogens is 308 g/mol. The lowest BCUT2D eigenvalue weighted by atomic mass is 10.0. The van der Waals surface area contributed by atoms with Crippen molar-refractivity contribution in [3.8, 4) is 0 Å². The molecule has 0 atom stereocenters. The molecule has 0 amide bonds. The van der Waals surface area contributed by atoms with Crippen LogP contribution in [0.5, 0.6) is 0 Å². The minimum atomic E-state index is -1.36. The molecule has 0 unspecified atom stereocenters. The molecule has 2 aliphatic carbocycles. The molecule has 1 saturated carbocycles. The summed E-state index contributed by atoms with van der Waals surface area (Å²) in [6.45, 7) is -0.0258. The molecule has 0 radical (unpaired) electrons. The van der Waals surface area contributed by atoms with E-state index in [1.807, 2.05) is 12.1 Å². The number of carbonyl (C=O) groups excluding carboxylic acids is 1. The summed E-state index contributed by atoms with van der Waals surface area (Å²) < 4.78 is 10.6. The maximum Gasteiger partial charge on any atom is 0.338 e. The zero-order valence-electron chi connectivity index (χ0n) is 13.5. The largest absolute Gasteiger partial charge is 0.459 e. The Kier molecular flexibility index (Phi) is 3.68. The van der Waals surface area contributed by atoms with Crippen molar-refractivity contribution in [3.63, 3.8) is 0 Å². The number of aliphatic hydroxyl groups is 1. The Bertz CT molecular complexity index is 858. The van der Waals surface area contributed by atoms with E-state index < -0.39 is 17.2 Å². The Morgan fingerprint density at radius 2 is 1.83 bits per heavy atom. The number of hydrogen-bond acceptors (Lipinski definition) is 5. The molecule has 1 fully saturated rings. The second-order valence-electron chi connectivity index (χ2n) is 6.88. The average Bonchev–Trinajstić information content (AvgIpc) is 3.19. The molecular formula is C19H20O5. The van der Waals surface area contributed by atoms with Gasteiger partial charge in [-0.1, -0.05) is 0 Å². The minimum Gasteiger partial charge on any atom is -0.459 e. The topological polar surface area (TPSA) is 76.7 Å². The summed E-state index contributed by atoms with van der Waals surface area (Å²) in [5.74, 6) is -0.595. The molecule has 0 spiro atoms. The SMILES string of the molecule is O=C(OCc1cc(=O)oc2cc3c(cc12)CCC3)C1(O)CCCC1. The highest BCUT2D eigenvalue weighted by Gasteiger charge is 2.40. The molecule has 5 heteroatoms. The summed E-state index contributed by atoms with van der Waals surface area (Å²) in [6.07, 6.45) is 5.66. The Hall–Kier alpha value is -2.14. The fourth-order valence-electron chi connectivity index (χ4n) is 3.86. The number of carbonyl (C=O) groups is 1. The third kappa shape index (κ3) is 2.63. The third-order valence-corrected chi connectivity index (χ3v) is 5.21. The molecule has 126 valence electrons. The second-order valence-corrected chi connectivity index (χ2v) is 6.88. The first kappa shape index (κ1) is 15.4. The molecule has 24 heavy (non-hydrogen) atoms. The van der Waals surface area contributed by atoms with Gasteiger partial charge in [-0.25, -0.2) is 9.59 Å². The van der Waals surface area contributed by atoms with Crippen LogP contribution in [0, 0.1) is 0 Å². The van der Waals surface area contributed by atoms with Crippen LogP contribution < -0.4 is 5.63 Å². The molecule has 2 aromatic rings. The Morgan fingerprint density at radius 3 is 2.58 bits per heavy atom. The van der Waals surface area contributed by atoms with Gasteiger partial charge in [0.25, 0.3) is 0 Å². The highest BCUT2D eigenvalue weighted by atomic mass is 16.5. The summed E-state index contributed by atoms with van der Waals surface area (Å²) in [6, 6.07) is 5.33. The molecule has 0 aliphatic heterocycles. The van der Waals surface area contributed by atoms with Gasteiger partial charge in [-0.05, 0) is 68.2 Å². The van der Waals surface area contributed by atoms with E-state index in [1.54, 1.807) is 0 Å². The van der Waals surface area contributed by atoms with Crippen LogP contribution in [-0.4, -0.2) is 16.7 Å². The van der Waals surface area contributed by atoms with Crippen LogP contribution in [0.15, 0.2) is 27.4 Å². The first-order valence-electron chi connectivity index (χ1n) is 8.53. The van der Waals surface area contributed by atoms with Crippen molar-refractivity contribution in [3.05, 3.63) is 45.3 Å². The monoisotopic (exact) mass is 328 g/mol. The summed E-state index contributed by atoms with van der Waals surface area (Å²) in [4.78, 5) is 24.0. The van der Waals surface area contributed by atoms with Gasteiger partial charge in [-0.15, -0.1) is 0 Å². The van der Waals surface area contributed by atoms with E-state index in [1.165, 1.54) is 17.2 Å². The number of hydrogen-bond donors (Lipinski definition) is 1. The first-order chi connectivity index (χ1) is 11.5. The van der Waals surface area contributed by atoms with Crippen molar-refractivity contribution in [1.29, 1.82) is 0 Å². The summed E-state index contributed by atoms with van der Waals surface area (Å²) in [5, 5.41) is 11.1. The average molecular weight is 328 g/mol. The summed E-state index contributed by atoms with van der Waals surface area (Å²) >= 11 is 0. The maximum absolute atomic E-state index is 12.2. The zero-order valence-corrected chi connectivity index (χ0v) is 13.5. The lowest BCUT2D eigenvalue weighted by Gasteiger charge is -2.20. The van der Waals surface area contributed by atoms with Gasteiger partial charge in [0.05, 0.1) is 0 Å². The fraction of sp³-hybridized carbons (Fsp3) is 0.474. The second kappa shape index (κ2) is 5.74. The van der Waals surface area contributed by atoms with E-state index in [0.29, 0.717) is 24.0 Å². The quantitative estimate of drug-likeness (QED) is 0.692. The standard InChI is InChI=1S/C19H20O5/c20-17-10-14(11-23-18(21)19(22)6-1-2-7-19)15-8-12-4-3-5-13(12)9-16(15)24-17/h8-10,22H,1-7,11H2. The van der Waals surface area contributed by atoms with Crippen molar-refractivity contribution < 1.29 is 19.1 Å². The Morgan fingerprint density at radius 1 is 1.12 bits per heavy atom. The highest BCUT2D eigenvalue weighted by molar-refractivity contribution is 5.83. The van der Waals surface area contributed by atoms with Gasteiger partial charge in [0.1, 0.15) is 12.2 Å². The molecule has 1 aromatic heterocycles. The molecule has 0 saturated heterocycles. The van der Waals surface area contributed by atoms with Crippen LogP contribution in [-0.2, 0) is 29.0 Å². The van der Waals surface area contributed by atoms with Crippen molar-refractivity contribution in [1.82, 2.24) is 0 Å². The van der Waals surface area contributed by atoms with Crippen molar-refractivity contribution in [2.45, 2.75) is 57.2 Å². The van der Waals surface area contributed by atoms with Crippen molar-refractivity contribution in [2.75, 3.05) is 0 Å². The van der Waals surface area contributed by atoms with E-state index in [0.717, 1.165) is 37.5 Å². The number of fused-ring (bicyclic) bond motifs is 2. The summed E-state index contributed by atoms with van der Waals surface area (Å²) in [7, 11) is 0. The van der Waals surface area contributed by atoms with Crippen LogP contribution in [0.4, 0.5) is 0 Å². The molecule has 5 nitrogen and oxygen atoms in total. The molecule has 0 bridgehead atoms. The van der Waals surface area contributed by atoms with E-state index in [4.69, 9.17) is 9.15 Å². The van der Waals surface area contributed by atoms with Crippen molar-refractivity contribution >= 4 is 16.9 Å². The van der Waals surface area contributed by atoms with Gasteiger partial charge < -0.3 is 14.3 Å². The van der Waals surface area contributed by atoms with Gasteiger partial charge in [0, 0.05) is 17.0 Å². The van der Waals surface area contributed by atoms with Crippen LogP contribution in [0.2, 0.25) is 0 Å². The normalized spacial score (nSPS) is 18.7. The number of aryl methyl sites for hydroxylation is 2. The number of benzene rings is 1. The van der Waals surface area contributed by atoms with Gasteiger partial charge in [-0.2, -0.15) is 0 Å². The predicted octanol–water partition coefficient (Wildman–Crippen LogP) is 2.63. The van der Waals surface area contributed by atoms with Crippen LogP contribution >= 0.6 is 0 Å². The van der Waals surface area contributed by atoms with Gasteiger partial charge >= 0.3 is 11.6 Å². The van der Waals surface area contributed by atoms with E-state index in [-0.39, 0.29) is 6.61 Å². The molecule has 1 N–H and O–H groups in total. The smallest absolute Gasteiger partial charge is 0.338 e. The van der Waals surface area contributed by atoms with Crippen LogP contribution in [0.25, 0.3) is 11.0 Å². The van der Waals surface area contributed by atoms with Gasteiger partial charge in [0.2, 0.25) is 0 Å². The van der Waals surface area contributed by atoms with Crippen LogP contribution in [0.1, 0.15) is 48.8 Å². The Labute approximate surface area is 139 Å². The first-order valence-corrected chi connectivity index (χ1v) is 8.53. The zero-order chi connectivity index (χ0) is 16.7. The number of esters is 1. The maximum atomic E-state index is 12.2. The molecule has 2 aliphatic rings.